The van der Waals surface area contributed by atoms with Crippen LogP contribution in [0.15, 0.2) is 24.3 Å². The lowest BCUT2D eigenvalue weighted by Crippen LogP contribution is -2.90. The molecule has 0 N–H and O–H groups in total. The first-order valence-electron chi connectivity index (χ1n) is 26.8. The minimum Gasteiger partial charge on any atom is -0.373 e. The fraction of sp³-hybridized carbons (Fsp3) is 0.864. The molecule has 0 spiro atoms. The molecule has 360 valence electrons. The summed E-state index contributed by atoms with van der Waals surface area (Å²) in [6.07, 6.45) is 29.8. The molecule has 12 nitrogen and oxygen atoms in total. The van der Waals surface area contributed by atoms with Crippen molar-refractivity contribution in [3.8, 4) is 0 Å². The number of rotatable bonds is 11. The van der Waals surface area contributed by atoms with Gasteiger partial charge in [-0.2, -0.15) is 0 Å². The number of benzene rings is 1. The van der Waals surface area contributed by atoms with E-state index in [1.54, 1.807) is 0 Å². The smallest absolute Gasteiger partial charge is 0.373 e. The zero-order chi connectivity index (χ0) is 43.4. The molecule has 0 radical (unpaired) electrons. The summed E-state index contributed by atoms with van der Waals surface area (Å²) in [5, 5.41) is 0. The number of hydrogen-bond donors (Lipinski definition) is 0. The van der Waals surface area contributed by atoms with E-state index in [4.69, 9.17) is 61.0 Å². The molecule has 65 heavy (non-hydrogen) atoms. The van der Waals surface area contributed by atoms with E-state index in [0.29, 0.717) is 18.3 Å². The van der Waals surface area contributed by atoms with Gasteiger partial charge in [0.1, 0.15) is 0 Å². The van der Waals surface area contributed by atoms with Crippen LogP contribution >= 0.6 is 11.6 Å². The summed E-state index contributed by atoms with van der Waals surface area (Å²) in [6, 6.07) is 9.26. The van der Waals surface area contributed by atoms with Crippen molar-refractivity contribution in [3.63, 3.8) is 0 Å². The first kappa shape index (κ1) is 45.6. The van der Waals surface area contributed by atoms with E-state index < -0.39 is 70.4 Å². The fourth-order valence-corrected chi connectivity index (χ4v) is 71.2. The Hall–Kier alpha value is 0.765. The summed E-state index contributed by atoms with van der Waals surface area (Å²) >= 11 is 6.34. The quantitative estimate of drug-likeness (QED) is 0.155. The van der Waals surface area contributed by atoms with Crippen molar-refractivity contribution in [1.29, 1.82) is 0 Å². The van der Waals surface area contributed by atoms with Gasteiger partial charge in [0, 0.05) is 50.7 Å². The van der Waals surface area contributed by atoms with Crippen molar-refractivity contribution >= 4 is 82.0 Å². The van der Waals surface area contributed by atoms with Gasteiger partial charge in [0.05, 0.1) is 0 Å². The molecule has 21 heteroatoms. The standard InChI is InChI=1S/C44H73ClO12Si8/c45-35-37-31-29-36(30-32-37)33-34-58-46-59(38-15-1-2-16-38)49-62(41-21-7-8-22-41)51-60(47-58,39-17-3-4-18-39)53-64(43-25-11-12-26-43)54-61(48-58,40-19-5-6-20-40)52-63(50-59,42-23-9-10-24-42)56-65(55-62,57-64)44-27-13-14-28-44/h29-32,38-44H,1-28,33-35H2. The summed E-state index contributed by atoms with van der Waals surface area (Å²) in [5.41, 5.74) is 2.64. The highest BCUT2D eigenvalue weighted by Crippen LogP contribution is 2.66. The molecule has 6 aliphatic heterocycles. The monoisotopic (exact) mass is 1050 g/mol. The second kappa shape index (κ2) is 17.5. The molecule has 0 unspecified atom stereocenters. The minimum atomic E-state index is -4.02. The first-order valence-corrected chi connectivity index (χ1v) is 41.9. The van der Waals surface area contributed by atoms with Crippen molar-refractivity contribution in [3.05, 3.63) is 35.4 Å². The van der Waals surface area contributed by atoms with Gasteiger partial charge >= 0.3 is 70.4 Å². The van der Waals surface area contributed by atoms with Crippen LogP contribution in [0.1, 0.15) is 191 Å². The molecule has 1 aromatic rings. The topological polar surface area (TPSA) is 111 Å². The van der Waals surface area contributed by atoms with Crippen LogP contribution in [0.5, 0.6) is 0 Å². The predicted molar refractivity (Wildman–Crippen MR) is 259 cm³/mol. The van der Waals surface area contributed by atoms with Crippen molar-refractivity contribution in [2.75, 3.05) is 0 Å². The van der Waals surface area contributed by atoms with E-state index in [-0.39, 0.29) is 38.8 Å². The Bertz CT molecular complexity index is 1710. The van der Waals surface area contributed by atoms with Crippen molar-refractivity contribution in [2.45, 2.75) is 237 Å². The van der Waals surface area contributed by atoms with Crippen LogP contribution < -0.4 is 0 Å². The maximum absolute atomic E-state index is 8.51. The Morgan fingerprint density at radius 1 is 0.308 bits per heavy atom. The van der Waals surface area contributed by atoms with Gasteiger partial charge in [0.25, 0.3) is 0 Å². The highest BCUT2D eigenvalue weighted by atomic mass is 35.5. The Labute approximate surface area is 401 Å². The zero-order valence-corrected chi connectivity index (χ0v) is 47.3. The summed E-state index contributed by atoms with van der Waals surface area (Å²) in [6.45, 7) is 0. The van der Waals surface area contributed by atoms with Crippen LogP contribution in [-0.2, 0) is 61.7 Å². The number of alkyl halides is 1. The molecule has 0 aromatic heterocycles. The highest BCUT2D eigenvalue weighted by Gasteiger charge is 2.88. The summed E-state index contributed by atoms with van der Waals surface area (Å²) in [5.74, 6) is 0.482. The van der Waals surface area contributed by atoms with Gasteiger partial charge in [-0.3, -0.25) is 0 Å². The van der Waals surface area contributed by atoms with Gasteiger partial charge in [-0.1, -0.05) is 114 Å². The van der Waals surface area contributed by atoms with Crippen molar-refractivity contribution in [2.24, 2.45) is 0 Å². The molecule has 13 aliphatic rings. The molecule has 0 amide bonds. The molecule has 14 rings (SSSR count). The molecular weight excluding hydrogens is 981 g/mol. The van der Waals surface area contributed by atoms with E-state index in [1.165, 1.54) is 5.56 Å². The fourth-order valence-electron chi connectivity index (χ4n) is 14.9. The lowest BCUT2D eigenvalue weighted by Gasteiger charge is -2.66. The summed E-state index contributed by atoms with van der Waals surface area (Å²) < 4.78 is 102. The number of halogens is 1. The van der Waals surface area contributed by atoms with Crippen LogP contribution in [0.3, 0.4) is 0 Å². The molecule has 8 bridgehead atoms. The minimum absolute atomic E-state index is 0.0352. The third kappa shape index (κ3) is 7.72. The van der Waals surface area contributed by atoms with Crippen molar-refractivity contribution in [1.82, 2.24) is 0 Å². The molecule has 1 aromatic carbocycles. The second-order valence-electron chi connectivity index (χ2n) is 22.5. The lowest BCUT2D eigenvalue weighted by molar-refractivity contribution is -0.0457. The average Bonchev–Trinajstić information content (AvgIpc) is 4.15. The summed E-state index contributed by atoms with van der Waals surface area (Å²) in [7, 11) is -31.6. The Kier molecular flexibility index (Phi) is 12.3. The van der Waals surface area contributed by atoms with E-state index >= 15 is 0 Å². The van der Waals surface area contributed by atoms with Crippen molar-refractivity contribution < 1.29 is 49.4 Å². The van der Waals surface area contributed by atoms with Crippen LogP contribution in [0.4, 0.5) is 0 Å². The van der Waals surface area contributed by atoms with Crippen LogP contribution in [0, 0.1) is 0 Å². The molecular formula is C44H73ClO12Si8. The highest BCUT2D eigenvalue weighted by molar-refractivity contribution is 7.04. The molecule has 7 aliphatic carbocycles. The van der Waals surface area contributed by atoms with Gasteiger partial charge in [-0.05, 0) is 107 Å². The molecule has 6 heterocycles. The van der Waals surface area contributed by atoms with Gasteiger partial charge < -0.3 is 49.4 Å². The maximum Gasteiger partial charge on any atom is 0.482 e. The van der Waals surface area contributed by atoms with Crippen LogP contribution in [0.2, 0.25) is 44.8 Å². The summed E-state index contributed by atoms with van der Waals surface area (Å²) in [4.78, 5) is 0. The number of hydrogen-bond acceptors (Lipinski definition) is 12. The van der Waals surface area contributed by atoms with Gasteiger partial charge in [-0.25, -0.2) is 0 Å². The molecule has 0 atom stereocenters. The van der Waals surface area contributed by atoms with E-state index in [2.05, 4.69) is 24.3 Å². The van der Waals surface area contributed by atoms with E-state index in [0.717, 1.165) is 185 Å². The van der Waals surface area contributed by atoms with E-state index in [1.807, 2.05) is 0 Å². The zero-order valence-electron chi connectivity index (χ0n) is 38.5. The Balaban J connectivity index is 1.11. The predicted octanol–water partition coefficient (Wildman–Crippen LogP) is 12.4. The maximum atomic E-state index is 8.51. The van der Waals surface area contributed by atoms with E-state index in [9.17, 15) is 0 Å². The molecule has 6 saturated heterocycles. The van der Waals surface area contributed by atoms with Crippen LogP contribution in [-0.4, -0.2) is 70.4 Å². The lowest BCUT2D eigenvalue weighted by atomic mass is 10.1. The third-order valence-corrected chi connectivity index (χ3v) is 58.2. The van der Waals surface area contributed by atoms with Gasteiger partial charge in [0.2, 0.25) is 0 Å². The number of aryl methyl sites for hydroxylation is 1. The van der Waals surface area contributed by atoms with Gasteiger partial charge in [-0.15, -0.1) is 11.6 Å². The van der Waals surface area contributed by atoms with Crippen LogP contribution in [0.25, 0.3) is 0 Å². The Morgan fingerprint density at radius 3 is 0.723 bits per heavy atom. The average molecular weight is 1050 g/mol. The third-order valence-electron chi connectivity index (χ3n) is 18.3. The van der Waals surface area contributed by atoms with Gasteiger partial charge in [0.15, 0.2) is 0 Å². The second-order valence-corrected chi connectivity index (χ2v) is 48.5. The largest absolute Gasteiger partial charge is 0.482 e. The normalized spacial score (nSPS) is 45.9. The molecule has 7 saturated carbocycles. The Morgan fingerprint density at radius 2 is 0.508 bits per heavy atom. The SMILES string of the molecule is ClCc1ccc(CC[Si]23O[Si]4(C5CCCC5)O[Si]5(C6CCCC6)O[Si](C6CCCC6)(O2)O[Si]2(C6CCCC6)O[Si](C6CCCC6)(O3)O[Si](C3CCCC3)(O4)O[Si](C3CCCC3)(O5)O2)cc1. The first-order chi connectivity index (χ1) is 31.7. The molecule has 13 fully saturated rings.